The number of nitrogens with one attached hydrogen (secondary N) is 2. The van der Waals surface area contributed by atoms with E-state index in [0.29, 0.717) is 0 Å². The van der Waals surface area contributed by atoms with Gasteiger partial charge in [-0.3, -0.25) is 9.59 Å². The van der Waals surface area contributed by atoms with Crippen molar-refractivity contribution < 1.29 is 4.79 Å². The Labute approximate surface area is 140 Å². The van der Waals surface area contributed by atoms with Crippen molar-refractivity contribution in [2.45, 2.75) is 32.2 Å². The highest BCUT2D eigenvalue weighted by Gasteiger charge is 2.23. The number of hydrogen-bond donors (Lipinski definition) is 3. The Bertz CT molecular complexity index is 786. The van der Waals surface area contributed by atoms with Crippen LogP contribution < -0.4 is 16.6 Å². The molecule has 23 heavy (non-hydrogen) atoms. The normalized spacial score (nSPS) is 16.1. The van der Waals surface area contributed by atoms with Crippen molar-refractivity contribution in [3.8, 4) is 0 Å². The Hall–Kier alpha value is -2.27. The molecule has 1 amide bonds. The van der Waals surface area contributed by atoms with E-state index in [9.17, 15) is 9.59 Å². The van der Waals surface area contributed by atoms with Crippen LogP contribution in [0.5, 0.6) is 0 Å². The number of carbonyl (C=O) groups is 1. The summed E-state index contributed by atoms with van der Waals surface area (Å²) in [6.45, 7) is 1.78. The van der Waals surface area contributed by atoms with Crippen LogP contribution in [0.3, 0.4) is 0 Å². The van der Waals surface area contributed by atoms with Crippen molar-refractivity contribution in [3.05, 3.63) is 63.1 Å². The highest BCUT2D eigenvalue weighted by atomic mass is 35.5. The van der Waals surface area contributed by atoms with E-state index in [0.717, 1.165) is 36.2 Å². The fraction of sp³-hybridized carbons (Fsp3) is 0.294. The molecular weight excluding hydrogens is 314 g/mol. The Kier molecular flexibility index (Phi) is 5.11. The molecule has 1 unspecified atom stereocenters. The quantitative estimate of drug-likeness (QED) is 0.738. The van der Waals surface area contributed by atoms with E-state index in [4.69, 9.17) is 5.73 Å². The minimum Gasteiger partial charge on any atom is -0.399 e. The van der Waals surface area contributed by atoms with Gasteiger partial charge in [0, 0.05) is 11.4 Å². The molecule has 1 atom stereocenters. The topological polar surface area (TPSA) is 88.0 Å². The Morgan fingerprint density at radius 1 is 1.30 bits per heavy atom. The molecule has 1 aromatic carbocycles. The summed E-state index contributed by atoms with van der Waals surface area (Å²) in [6.07, 6.45) is 2.83. The third-order valence-electron chi connectivity index (χ3n) is 4.09. The number of pyridine rings is 1. The van der Waals surface area contributed by atoms with Crippen LogP contribution in [0.1, 0.15) is 46.1 Å². The second-order valence-electron chi connectivity index (χ2n) is 5.76. The van der Waals surface area contributed by atoms with E-state index in [-0.39, 0.29) is 35.5 Å². The molecule has 0 aliphatic heterocycles. The number of H-pyrrole nitrogens is 1. The van der Waals surface area contributed by atoms with Crippen molar-refractivity contribution in [1.82, 2.24) is 10.3 Å². The van der Waals surface area contributed by atoms with Crippen LogP contribution >= 0.6 is 12.4 Å². The number of aryl methyl sites for hydroxylation is 2. The maximum atomic E-state index is 12.4. The summed E-state index contributed by atoms with van der Waals surface area (Å²) in [5, 5.41) is 2.97. The lowest BCUT2D eigenvalue weighted by molar-refractivity contribution is 0.0931. The molecule has 2 aromatic rings. The molecule has 1 aliphatic carbocycles. The van der Waals surface area contributed by atoms with Crippen LogP contribution in [-0.2, 0) is 6.42 Å². The van der Waals surface area contributed by atoms with E-state index in [2.05, 4.69) is 10.3 Å². The molecule has 0 bridgehead atoms. The van der Waals surface area contributed by atoms with Crippen LogP contribution in [0.4, 0.5) is 5.69 Å². The summed E-state index contributed by atoms with van der Waals surface area (Å²) in [5.41, 5.74) is 9.35. The molecular formula is C17H20ClN3O2. The van der Waals surface area contributed by atoms with Crippen molar-refractivity contribution in [3.63, 3.8) is 0 Å². The Balaban J connectivity index is 0.00000192. The molecule has 0 spiro atoms. The standard InChI is InChI=1S/C17H19N3O2.ClH/c1-10-5-7-14(16(21)19-10)17(22)20-15-4-2-3-11-9-12(18)6-8-13(11)15;/h5-9,15H,2-4,18H2,1H3,(H,19,21)(H,20,22);1H. The second-order valence-corrected chi connectivity index (χ2v) is 5.76. The predicted octanol–water partition coefficient (Wildman–Crippen LogP) is 2.49. The van der Waals surface area contributed by atoms with Gasteiger partial charge < -0.3 is 16.0 Å². The number of aromatic nitrogens is 1. The molecule has 6 heteroatoms. The van der Waals surface area contributed by atoms with Gasteiger partial charge in [-0.15, -0.1) is 12.4 Å². The fourth-order valence-electron chi connectivity index (χ4n) is 2.97. The first-order valence-corrected chi connectivity index (χ1v) is 7.43. The molecule has 1 aromatic heterocycles. The minimum atomic E-state index is -0.356. The summed E-state index contributed by atoms with van der Waals surface area (Å²) >= 11 is 0. The summed E-state index contributed by atoms with van der Waals surface area (Å²) in [5.74, 6) is -0.337. The fourth-order valence-corrected chi connectivity index (χ4v) is 2.97. The maximum Gasteiger partial charge on any atom is 0.260 e. The highest BCUT2D eigenvalue weighted by Crippen LogP contribution is 2.31. The first kappa shape index (κ1) is 17.1. The van der Waals surface area contributed by atoms with Crippen LogP contribution in [0, 0.1) is 6.92 Å². The first-order valence-electron chi connectivity index (χ1n) is 7.43. The lowest BCUT2D eigenvalue weighted by Gasteiger charge is -2.26. The lowest BCUT2D eigenvalue weighted by atomic mass is 9.87. The summed E-state index contributed by atoms with van der Waals surface area (Å²) in [7, 11) is 0. The third-order valence-corrected chi connectivity index (χ3v) is 4.09. The molecule has 0 fully saturated rings. The van der Waals surface area contributed by atoms with Gasteiger partial charge in [0.1, 0.15) is 5.56 Å². The third kappa shape index (κ3) is 3.56. The molecule has 1 heterocycles. The van der Waals surface area contributed by atoms with Crippen LogP contribution in [0.2, 0.25) is 0 Å². The number of nitrogen functional groups attached to an aromatic ring is 1. The number of anilines is 1. The number of carbonyl (C=O) groups excluding carboxylic acids is 1. The number of benzene rings is 1. The van der Waals surface area contributed by atoms with Gasteiger partial charge in [-0.1, -0.05) is 6.07 Å². The van der Waals surface area contributed by atoms with E-state index in [1.54, 1.807) is 19.1 Å². The van der Waals surface area contributed by atoms with Crippen molar-refractivity contribution in [2.75, 3.05) is 5.73 Å². The van der Waals surface area contributed by atoms with Crippen LogP contribution in [0.25, 0.3) is 0 Å². The van der Waals surface area contributed by atoms with Crippen LogP contribution in [0.15, 0.2) is 35.1 Å². The molecule has 0 saturated carbocycles. The second kappa shape index (κ2) is 6.87. The number of amides is 1. The van der Waals surface area contributed by atoms with E-state index in [1.165, 1.54) is 5.56 Å². The van der Waals surface area contributed by atoms with E-state index in [1.807, 2.05) is 18.2 Å². The molecule has 4 N–H and O–H groups in total. The smallest absolute Gasteiger partial charge is 0.260 e. The molecule has 5 nitrogen and oxygen atoms in total. The number of rotatable bonds is 2. The molecule has 1 aliphatic rings. The minimum absolute atomic E-state index is 0. The SMILES string of the molecule is Cc1ccc(C(=O)NC2CCCc3cc(N)ccc32)c(=O)[nH]1.Cl. The zero-order valence-electron chi connectivity index (χ0n) is 12.9. The van der Waals surface area contributed by atoms with Crippen LogP contribution in [-0.4, -0.2) is 10.9 Å². The first-order chi connectivity index (χ1) is 10.5. The number of halogens is 1. The Morgan fingerprint density at radius 3 is 2.83 bits per heavy atom. The zero-order valence-corrected chi connectivity index (χ0v) is 13.7. The lowest BCUT2D eigenvalue weighted by Crippen LogP contribution is -2.34. The summed E-state index contributed by atoms with van der Waals surface area (Å²) < 4.78 is 0. The molecule has 0 radical (unpaired) electrons. The number of fused-ring (bicyclic) bond motifs is 1. The molecule has 122 valence electrons. The number of nitrogens with two attached hydrogens (primary N) is 1. The highest BCUT2D eigenvalue weighted by molar-refractivity contribution is 5.94. The van der Waals surface area contributed by atoms with Gasteiger partial charge in [0.05, 0.1) is 6.04 Å². The summed E-state index contributed by atoms with van der Waals surface area (Å²) in [4.78, 5) is 26.9. The Morgan fingerprint density at radius 2 is 2.09 bits per heavy atom. The monoisotopic (exact) mass is 333 g/mol. The van der Waals surface area contributed by atoms with Crippen molar-refractivity contribution >= 4 is 24.0 Å². The summed E-state index contributed by atoms with van der Waals surface area (Å²) in [6, 6.07) is 9.00. The largest absolute Gasteiger partial charge is 0.399 e. The average Bonchev–Trinajstić information content (AvgIpc) is 2.47. The molecule has 3 rings (SSSR count). The van der Waals surface area contributed by atoms with Crippen molar-refractivity contribution in [1.29, 1.82) is 0 Å². The maximum absolute atomic E-state index is 12.4. The van der Waals surface area contributed by atoms with Crippen molar-refractivity contribution in [2.24, 2.45) is 0 Å². The number of hydrogen-bond acceptors (Lipinski definition) is 3. The molecule has 0 saturated heterocycles. The van der Waals surface area contributed by atoms with Gasteiger partial charge in [-0.25, -0.2) is 0 Å². The van der Waals surface area contributed by atoms with E-state index >= 15 is 0 Å². The van der Waals surface area contributed by atoms with Gasteiger partial charge >= 0.3 is 0 Å². The predicted molar refractivity (Wildman–Crippen MR) is 93.0 cm³/mol. The van der Waals surface area contributed by atoms with E-state index < -0.39 is 0 Å². The van der Waals surface area contributed by atoms with Gasteiger partial charge in [0.15, 0.2) is 0 Å². The van der Waals surface area contributed by atoms with Gasteiger partial charge in [0.25, 0.3) is 11.5 Å². The average molecular weight is 334 g/mol. The number of aromatic amines is 1. The van der Waals surface area contributed by atoms with Gasteiger partial charge in [-0.2, -0.15) is 0 Å². The van der Waals surface area contributed by atoms with Gasteiger partial charge in [-0.05, 0) is 61.6 Å². The van der Waals surface area contributed by atoms with Gasteiger partial charge in [0.2, 0.25) is 0 Å². The zero-order chi connectivity index (χ0) is 15.7.